The maximum absolute atomic E-state index is 12.6. The molecule has 4 rings (SSSR count). The summed E-state index contributed by atoms with van der Waals surface area (Å²) in [5, 5.41) is 4.22. The van der Waals surface area contributed by atoms with Crippen LogP contribution in [0.5, 0.6) is 0 Å². The van der Waals surface area contributed by atoms with Crippen LogP contribution in [0.1, 0.15) is 29.8 Å². The number of fused-ring (bicyclic) bond motifs is 1. The van der Waals surface area contributed by atoms with Gasteiger partial charge in [0, 0.05) is 30.9 Å². The molecular weight excluding hydrogens is 314 g/mol. The van der Waals surface area contributed by atoms with E-state index in [2.05, 4.69) is 20.3 Å². The van der Waals surface area contributed by atoms with Crippen LogP contribution < -0.4 is 5.32 Å². The Hall–Kier alpha value is -3.02. The number of para-hydroxylation sites is 1. The van der Waals surface area contributed by atoms with Gasteiger partial charge in [0.15, 0.2) is 0 Å². The molecule has 1 aliphatic heterocycles. The van der Waals surface area contributed by atoms with E-state index < -0.39 is 0 Å². The lowest BCUT2D eigenvalue weighted by molar-refractivity contribution is 0.0718. The molecule has 1 fully saturated rings. The smallest absolute Gasteiger partial charge is 0.272 e. The molecule has 6 nitrogen and oxygen atoms in total. The van der Waals surface area contributed by atoms with E-state index in [1.54, 1.807) is 18.5 Å². The van der Waals surface area contributed by atoms with Gasteiger partial charge < -0.3 is 10.2 Å². The van der Waals surface area contributed by atoms with Gasteiger partial charge >= 0.3 is 0 Å². The molecular formula is C19H19N5O. The SMILES string of the molecule is O=C(c1ccnc(Nc2cccc3cccnc23)n1)N1CCCCC1. The van der Waals surface area contributed by atoms with Crippen molar-refractivity contribution in [3.05, 3.63) is 54.5 Å². The highest BCUT2D eigenvalue weighted by molar-refractivity contribution is 5.93. The van der Waals surface area contributed by atoms with Crippen molar-refractivity contribution in [2.24, 2.45) is 0 Å². The summed E-state index contributed by atoms with van der Waals surface area (Å²) in [4.78, 5) is 27.6. The monoisotopic (exact) mass is 333 g/mol. The minimum absolute atomic E-state index is 0.0267. The maximum Gasteiger partial charge on any atom is 0.272 e. The van der Waals surface area contributed by atoms with Gasteiger partial charge in [0.2, 0.25) is 5.95 Å². The van der Waals surface area contributed by atoms with E-state index in [1.807, 2.05) is 35.2 Å². The first-order valence-corrected chi connectivity index (χ1v) is 8.54. The molecule has 1 aliphatic rings. The number of likely N-dealkylation sites (tertiary alicyclic amines) is 1. The van der Waals surface area contributed by atoms with E-state index in [0.29, 0.717) is 11.6 Å². The van der Waals surface area contributed by atoms with E-state index in [9.17, 15) is 4.79 Å². The number of carbonyl (C=O) groups excluding carboxylic acids is 1. The Labute approximate surface area is 145 Å². The normalized spacial score (nSPS) is 14.5. The minimum Gasteiger partial charge on any atom is -0.337 e. The average molecular weight is 333 g/mol. The summed E-state index contributed by atoms with van der Waals surface area (Å²) in [6, 6.07) is 11.5. The summed E-state index contributed by atoms with van der Waals surface area (Å²) < 4.78 is 0. The number of carbonyl (C=O) groups is 1. The van der Waals surface area contributed by atoms with E-state index in [4.69, 9.17) is 0 Å². The number of aromatic nitrogens is 3. The van der Waals surface area contributed by atoms with Crippen molar-refractivity contribution >= 4 is 28.4 Å². The molecule has 126 valence electrons. The van der Waals surface area contributed by atoms with Gasteiger partial charge in [-0.05, 0) is 37.5 Å². The third-order valence-electron chi connectivity index (χ3n) is 4.40. The van der Waals surface area contributed by atoms with Crippen molar-refractivity contribution in [2.45, 2.75) is 19.3 Å². The molecule has 0 aliphatic carbocycles. The number of rotatable bonds is 3. The van der Waals surface area contributed by atoms with Crippen LogP contribution >= 0.6 is 0 Å². The molecule has 25 heavy (non-hydrogen) atoms. The summed E-state index contributed by atoms with van der Waals surface area (Å²) in [6.45, 7) is 1.61. The van der Waals surface area contributed by atoms with Crippen molar-refractivity contribution in [2.75, 3.05) is 18.4 Å². The molecule has 1 amide bonds. The van der Waals surface area contributed by atoms with Gasteiger partial charge in [-0.15, -0.1) is 0 Å². The summed E-state index contributed by atoms with van der Waals surface area (Å²) in [5.74, 6) is 0.377. The minimum atomic E-state index is -0.0267. The first kappa shape index (κ1) is 15.5. The molecule has 0 radical (unpaired) electrons. The number of benzene rings is 1. The van der Waals surface area contributed by atoms with Crippen LogP contribution in [0.4, 0.5) is 11.6 Å². The maximum atomic E-state index is 12.6. The van der Waals surface area contributed by atoms with Crippen LogP contribution in [0.2, 0.25) is 0 Å². The molecule has 0 unspecified atom stereocenters. The fraction of sp³-hybridized carbons (Fsp3) is 0.263. The second-order valence-electron chi connectivity index (χ2n) is 6.12. The molecule has 0 bridgehead atoms. The fourth-order valence-corrected chi connectivity index (χ4v) is 3.12. The van der Waals surface area contributed by atoms with Crippen LogP contribution in [0.15, 0.2) is 48.8 Å². The van der Waals surface area contributed by atoms with Crippen LogP contribution in [-0.4, -0.2) is 38.8 Å². The number of nitrogens with one attached hydrogen (secondary N) is 1. The van der Waals surface area contributed by atoms with E-state index in [1.165, 1.54) is 6.42 Å². The number of anilines is 2. The number of amides is 1. The van der Waals surface area contributed by atoms with Crippen molar-refractivity contribution in [1.82, 2.24) is 19.9 Å². The summed E-state index contributed by atoms with van der Waals surface area (Å²) >= 11 is 0. The zero-order valence-electron chi connectivity index (χ0n) is 13.9. The predicted octanol–water partition coefficient (Wildman–Crippen LogP) is 3.39. The lowest BCUT2D eigenvalue weighted by atomic mass is 10.1. The second-order valence-corrected chi connectivity index (χ2v) is 6.12. The van der Waals surface area contributed by atoms with Crippen LogP contribution in [0.25, 0.3) is 10.9 Å². The lowest BCUT2D eigenvalue weighted by Crippen LogP contribution is -2.36. The van der Waals surface area contributed by atoms with Crippen LogP contribution in [-0.2, 0) is 0 Å². The molecule has 1 N–H and O–H groups in total. The Morgan fingerprint density at radius 2 is 1.80 bits per heavy atom. The third-order valence-corrected chi connectivity index (χ3v) is 4.40. The van der Waals surface area contributed by atoms with Gasteiger partial charge in [0.25, 0.3) is 5.91 Å². The Kier molecular flexibility index (Phi) is 4.24. The third kappa shape index (κ3) is 3.28. The molecule has 0 spiro atoms. The lowest BCUT2D eigenvalue weighted by Gasteiger charge is -2.26. The van der Waals surface area contributed by atoms with Crippen LogP contribution in [0, 0.1) is 0 Å². The zero-order chi connectivity index (χ0) is 17.1. The van der Waals surface area contributed by atoms with Gasteiger partial charge in [-0.3, -0.25) is 9.78 Å². The Balaban J connectivity index is 1.60. The molecule has 3 heterocycles. The Bertz CT molecular complexity index is 900. The number of hydrogen-bond donors (Lipinski definition) is 1. The molecule has 1 saturated heterocycles. The van der Waals surface area contributed by atoms with Gasteiger partial charge in [0.05, 0.1) is 11.2 Å². The first-order chi connectivity index (χ1) is 12.3. The summed E-state index contributed by atoms with van der Waals surface area (Å²) in [6.07, 6.45) is 6.68. The molecule has 1 aromatic carbocycles. The topological polar surface area (TPSA) is 71.0 Å². The van der Waals surface area contributed by atoms with Crippen LogP contribution in [0.3, 0.4) is 0 Å². The molecule has 0 atom stereocenters. The highest BCUT2D eigenvalue weighted by Crippen LogP contribution is 2.23. The molecule has 0 saturated carbocycles. The fourth-order valence-electron chi connectivity index (χ4n) is 3.12. The number of hydrogen-bond acceptors (Lipinski definition) is 5. The molecule has 6 heteroatoms. The van der Waals surface area contributed by atoms with Crippen molar-refractivity contribution in [3.8, 4) is 0 Å². The summed E-state index contributed by atoms with van der Waals surface area (Å²) in [7, 11) is 0. The quantitative estimate of drug-likeness (QED) is 0.795. The van der Waals surface area contributed by atoms with Crippen molar-refractivity contribution in [1.29, 1.82) is 0 Å². The molecule has 2 aromatic heterocycles. The molecule has 3 aromatic rings. The number of pyridine rings is 1. The number of piperidine rings is 1. The van der Waals surface area contributed by atoms with Crippen molar-refractivity contribution < 1.29 is 4.79 Å². The first-order valence-electron chi connectivity index (χ1n) is 8.54. The number of nitrogens with zero attached hydrogens (tertiary/aromatic N) is 4. The largest absolute Gasteiger partial charge is 0.337 e. The highest BCUT2D eigenvalue weighted by atomic mass is 16.2. The van der Waals surface area contributed by atoms with E-state index in [0.717, 1.165) is 42.5 Å². The van der Waals surface area contributed by atoms with Gasteiger partial charge in [-0.25, -0.2) is 9.97 Å². The van der Waals surface area contributed by atoms with Crippen molar-refractivity contribution in [3.63, 3.8) is 0 Å². The average Bonchev–Trinajstić information content (AvgIpc) is 2.69. The predicted molar refractivity (Wildman–Crippen MR) is 96.8 cm³/mol. The van der Waals surface area contributed by atoms with E-state index >= 15 is 0 Å². The van der Waals surface area contributed by atoms with E-state index in [-0.39, 0.29) is 5.91 Å². The van der Waals surface area contributed by atoms with Gasteiger partial charge in [-0.1, -0.05) is 18.2 Å². The standard InChI is InChI=1S/C19H19N5O/c25-18(24-12-2-1-3-13-24)16-9-11-21-19(23-16)22-15-8-4-6-14-7-5-10-20-17(14)15/h4-11H,1-3,12-13H2,(H,21,22,23). The second kappa shape index (κ2) is 6.84. The summed E-state index contributed by atoms with van der Waals surface area (Å²) in [5.41, 5.74) is 2.09. The van der Waals surface area contributed by atoms with Gasteiger partial charge in [-0.2, -0.15) is 0 Å². The van der Waals surface area contributed by atoms with Gasteiger partial charge in [0.1, 0.15) is 5.69 Å². The Morgan fingerprint density at radius 1 is 0.960 bits per heavy atom. The zero-order valence-corrected chi connectivity index (χ0v) is 13.9. The Morgan fingerprint density at radius 3 is 2.68 bits per heavy atom. The highest BCUT2D eigenvalue weighted by Gasteiger charge is 2.19.